The molecule has 0 aliphatic heterocycles. The fourth-order valence-corrected chi connectivity index (χ4v) is 3.48. The minimum Gasteiger partial charge on any atom is -0.383 e. The summed E-state index contributed by atoms with van der Waals surface area (Å²) < 4.78 is 5.17. The van der Waals surface area contributed by atoms with Crippen LogP contribution >= 0.6 is 11.3 Å². The van der Waals surface area contributed by atoms with Gasteiger partial charge in [-0.1, -0.05) is 36.4 Å². The summed E-state index contributed by atoms with van der Waals surface area (Å²) in [6.07, 6.45) is 1.85. The highest BCUT2D eigenvalue weighted by atomic mass is 32.1. The van der Waals surface area contributed by atoms with Gasteiger partial charge in [0.15, 0.2) is 5.69 Å². The van der Waals surface area contributed by atoms with E-state index in [9.17, 15) is 4.79 Å². The molecule has 0 aliphatic rings. The van der Waals surface area contributed by atoms with Crippen LogP contribution in [-0.4, -0.2) is 47.8 Å². The van der Waals surface area contributed by atoms with Crippen LogP contribution in [0, 0.1) is 0 Å². The van der Waals surface area contributed by atoms with Crippen molar-refractivity contribution in [1.82, 2.24) is 15.1 Å². The molecule has 0 saturated heterocycles. The third-order valence-corrected chi connectivity index (χ3v) is 5.08. The van der Waals surface area contributed by atoms with E-state index in [1.54, 1.807) is 18.4 Å². The molecule has 0 fully saturated rings. The second-order valence-corrected chi connectivity index (χ2v) is 6.97. The van der Waals surface area contributed by atoms with E-state index in [-0.39, 0.29) is 5.91 Å². The van der Waals surface area contributed by atoms with Crippen LogP contribution in [-0.2, 0) is 11.2 Å². The fourth-order valence-electron chi connectivity index (χ4n) is 2.79. The summed E-state index contributed by atoms with van der Waals surface area (Å²) in [5, 5.41) is 9.19. The van der Waals surface area contributed by atoms with Crippen LogP contribution in [0.5, 0.6) is 0 Å². The van der Waals surface area contributed by atoms with Crippen molar-refractivity contribution in [1.29, 1.82) is 0 Å². The molecular weight excluding hydrogens is 346 g/mol. The van der Waals surface area contributed by atoms with Crippen molar-refractivity contribution >= 4 is 17.2 Å². The first kappa shape index (κ1) is 18.4. The number of carbonyl (C=O) groups is 1. The van der Waals surface area contributed by atoms with E-state index in [1.807, 2.05) is 46.7 Å². The number of H-pyrrole nitrogens is 1. The predicted molar refractivity (Wildman–Crippen MR) is 104 cm³/mol. The Labute approximate surface area is 157 Å². The van der Waals surface area contributed by atoms with Crippen LogP contribution in [0.15, 0.2) is 53.9 Å². The number of ether oxygens (including phenoxy) is 1. The van der Waals surface area contributed by atoms with Crippen molar-refractivity contribution in [3.05, 3.63) is 65.2 Å². The molecule has 0 aliphatic carbocycles. The van der Waals surface area contributed by atoms with Crippen molar-refractivity contribution in [3.8, 4) is 10.6 Å². The van der Waals surface area contributed by atoms with Gasteiger partial charge < -0.3 is 9.64 Å². The van der Waals surface area contributed by atoms with Crippen LogP contribution in [0.2, 0.25) is 0 Å². The molecule has 0 atom stereocenters. The van der Waals surface area contributed by atoms with E-state index in [0.717, 1.165) is 23.4 Å². The topological polar surface area (TPSA) is 58.2 Å². The lowest BCUT2D eigenvalue weighted by Gasteiger charge is -2.21. The molecule has 2 aromatic heterocycles. The van der Waals surface area contributed by atoms with Crippen molar-refractivity contribution in [2.24, 2.45) is 0 Å². The number of aromatic nitrogens is 2. The maximum atomic E-state index is 12.9. The van der Waals surface area contributed by atoms with Gasteiger partial charge in [-0.15, -0.1) is 11.3 Å². The van der Waals surface area contributed by atoms with Gasteiger partial charge in [0, 0.05) is 20.2 Å². The molecule has 26 heavy (non-hydrogen) atoms. The Morgan fingerprint density at radius 2 is 2.04 bits per heavy atom. The molecule has 3 rings (SSSR count). The van der Waals surface area contributed by atoms with E-state index in [1.165, 1.54) is 5.56 Å². The minimum atomic E-state index is -0.0610. The van der Waals surface area contributed by atoms with Gasteiger partial charge in [0.1, 0.15) is 0 Å². The molecule has 0 bridgehead atoms. The molecule has 1 N–H and O–H groups in total. The second-order valence-electron chi connectivity index (χ2n) is 6.02. The minimum absolute atomic E-state index is 0.0610. The Hall–Kier alpha value is -2.44. The normalized spacial score (nSPS) is 10.8. The van der Waals surface area contributed by atoms with Crippen LogP contribution < -0.4 is 0 Å². The SMILES string of the molecule is COCCN(CCCc1ccccc1)C(=O)c1cc(-c2cccs2)[nH]n1. The molecule has 3 aromatic rings. The molecule has 1 amide bonds. The smallest absolute Gasteiger partial charge is 0.274 e. The highest BCUT2D eigenvalue weighted by molar-refractivity contribution is 7.13. The number of thiophene rings is 1. The second kappa shape index (κ2) is 9.31. The van der Waals surface area contributed by atoms with Gasteiger partial charge >= 0.3 is 0 Å². The number of nitrogens with zero attached hydrogens (tertiary/aromatic N) is 2. The summed E-state index contributed by atoms with van der Waals surface area (Å²) in [6, 6.07) is 16.1. The molecule has 1 aromatic carbocycles. The van der Waals surface area contributed by atoms with Crippen LogP contribution in [0.1, 0.15) is 22.5 Å². The van der Waals surface area contributed by atoms with Gasteiger partial charge in [0.05, 0.1) is 17.2 Å². The first-order valence-electron chi connectivity index (χ1n) is 8.69. The maximum Gasteiger partial charge on any atom is 0.274 e. The molecule has 5 nitrogen and oxygen atoms in total. The van der Waals surface area contributed by atoms with Crippen molar-refractivity contribution in [2.45, 2.75) is 12.8 Å². The van der Waals surface area contributed by atoms with Gasteiger partial charge in [-0.25, -0.2) is 0 Å². The van der Waals surface area contributed by atoms with E-state index in [0.29, 0.717) is 25.4 Å². The fraction of sp³-hybridized carbons (Fsp3) is 0.300. The average Bonchev–Trinajstić information content (AvgIpc) is 3.36. The van der Waals surface area contributed by atoms with Crippen LogP contribution in [0.25, 0.3) is 10.6 Å². The first-order chi connectivity index (χ1) is 12.8. The largest absolute Gasteiger partial charge is 0.383 e. The van der Waals surface area contributed by atoms with Gasteiger partial charge in [-0.05, 0) is 35.9 Å². The number of aryl methyl sites for hydroxylation is 1. The van der Waals surface area contributed by atoms with Gasteiger partial charge in [0.25, 0.3) is 5.91 Å². The number of carbonyl (C=O) groups excluding carboxylic acids is 1. The van der Waals surface area contributed by atoms with Gasteiger partial charge in [-0.2, -0.15) is 5.10 Å². The van der Waals surface area contributed by atoms with Crippen LogP contribution in [0.4, 0.5) is 0 Å². The zero-order chi connectivity index (χ0) is 18.2. The number of benzene rings is 1. The van der Waals surface area contributed by atoms with Crippen molar-refractivity contribution in [2.75, 3.05) is 26.8 Å². The van der Waals surface area contributed by atoms with Gasteiger partial charge in [-0.3, -0.25) is 9.89 Å². The summed E-state index contributed by atoms with van der Waals surface area (Å²) in [5.41, 5.74) is 2.61. The molecule has 0 radical (unpaired) electrons. The summed E-state index contributed by atoms with van der Waals surface area (Å²) in [6.45, 7) is 1.75. The summed E-state index contributed by atoms with van der Waals surface area (Å²) in [7, 11) is 1.65. The summed E-state index contributed by atoms with van der Waals surface area (Å²) >= 11 is 1.62. The van der Waals surface area contributed by atoms with E-state index >= 15 is 0 Å². The Bertz CT molecular complexity index is 800. The molecule has 136 valence electrons. The number of hydrogen-bond acceptors (Lipinski definition) is 4. The highest BCUT2D eigenvalue weighted by Gasteiger charge is 2.19. The Kier molecular flexibility index (Phi) is 6.57. The summed E-state index contributed by atoms with van der Waals surface area (Å²) in [4.78, 5) is 15.8. The molecular formula is C20H23N3O2S. The number of rotatable bonds is 9. The number of aromatic amines is 1. The molecule has 0 unspecified atom stereocenters. The maximum absolute atomic E-state index is 12.9. The van der Waals surface area contributed by atoms with Crippen molar-refractivity contribution in [3.63, 3.8) is 0 Å². The lowest BCUT2D eigenvalue weighted by Crippen LogP contribution is -2.35. The summed E-state index contributed by atoms with van der Waals surface area (Å²) in [5.74, 6) is -0.0610. The Morgan fingerprint density at radius 1 is 1.19 bits per heavy atom. The quantitative estimate of drug-likeness (QED) is 0.623. The zero-order valence-corrected chi connectivity index (χ0v) is 15.7. The zero-order valence-electron chi connectivity index (χ0n) is 14.9. The third-order valence-electron chi connectivity index (χ3n) is 4.17. The third kappa shape index (κ3) is 4.80. The van der Waals surface area contributed by atoms with Gasteiger partial charge in [0.2, 0.25) is 0 Å². The number of hydrogen-bond donors (Lipinski definition) is 1. The van der Waals surface area contributed by atoms with E-state index in [4.69, 9.17) is 4.74 Å². The predicted octanol–water partition coefficient (Wildman–Crippen LogP) is 3.86. The van der Waals surface area contributed by atoms with Crippen molar-refractivity contribution < 1.29 is 9.53 Å². The standard InChI is InChI=1S/C20H23N3O2S/c1-25-13-12-23(11-5-9-16-7-3-2-4-8-16)20(24)18-15-17(21-22-18)19-10-6-14-26-19/h2-4,6-8,10,14-15H,5,9,11-13H2,1H3,(H,21,22). The number of methoxy groups -OCH3 is 1. The van der Waals surface area contributed by atoms with E-state index < -0.39 is 0 Å². The average molecular weight is 369 g/mol. The molecule has 0 saturated carbocycles. The lowest BCUT2D eigenvalue weighted by molar-refractivity contribution is 0.0687. The first-order valence-corrected chi connectivity index (χ1v) is 9.57. The molecule has 0 spiro atoms. The number of amides is 1. The monoisotopic (exact) mass is 369 g/mol. The van der Waals surface area contributed by atoms with E-state index in [2.05, 4.69) is 22.3 Å². The molecule has 6 heteroatoms. The number of nitrogens with one attached hydrogen (secondary N) is 1. The van der Waals surface area contributed by atoms with Crippen LogP contribution in [0.3, 0.4) is 0 Å². The molecule has 2 heterocycles. The Balaban J connectivity index is 1.63. The highest BCUT2D eigenvalue weighted by Crippen LogP contribution is 2.23. The lowest BCUT2D eigenvalue weighted by atomic mass is 10.1. The Morgan fingerprint density at radius 3 is 2.77 bits per heavy atom.